The number of hydrogen-bond acceptors (Lipinski definition) is 5. The molecule has 6 aromatic rings. The van der Waals surface area contributed by atoms with Crippen LogP contribution >= 0.6 is 0 Å². The van der Waals surface area contributed by atoms with Crippen LogP contribution in [0.5, 0.6) is 5.75 Å². The number of aryl methyl sites for hydroxylation is 4. The van der Waals surface area contributed by atoms with E-state index < -0.39 is 0 Å². The molecule has 180 valence electrons. The van der Waals surface area contributed by atoms with Gasteiger partial charge >= 0.3 is 0 Å². The molecule has 0 aliphatic carbocycles. The standard InChI is InChI=1S/C29H27N5O2/c1-15-11-20(28(30-15)19-9-7-6-8-10-19)12-24-27-21-14-25(35-5)22(26-16(2)34-36-17(26)3)13-23(21)33-29(27)32-18(4)31-24/h6-11,13-14,30H,12H2,1-5H3,(H,31,32,33). The van der Waals surface area contributed by atoms with Gasteiger partial charge in [-0.2, -0.15) is 0 Å². The first-order valence-corrected chi connectivity index (χ1v) is 12.0. The van der Waals surface area contributed by atoms with Crippen molar-refractivity contribution in [2.24, 2.45) is 0 Å². The maximum atomic E-state index is 5.84. The minimum absolute atomic E-state index is 0.676. The van der Waals surface area contributed by atoms with Crippen molar-refractivity contribution in [1.82, 2.24) is 25.1 Å². The number of benzene rings is 2. The van der Waals surface area contributed by atoms with Crippen molar-refractivity contribution < 1.29 is 9.26 Å². The van der Waals surface area contributed by atoms with Gasteiger partial charge in [0, 0.05) is 39.7 Å². The van der Waals surface area contributed by atoms with Crippen LogP contribution in [0.15, 0.2) is 53.1 Å². The molecule has 4 aromatic heterocycles. The lowest BCUT2D eigenvalue weighted by atomic mass is 9.99. The number of rotatable bonds is 5. The highest BCUT2D eigenvalue weighted by molar-refractivity contribution is 6.09. The maximum Gasteiger partial charge on any atom is 0.142 e. The average Bonchev–Trinajstić information content (AvgIpc) is 3.52. The first-order chi connectivity index (χ1) is 17.4. The van der Waals surface area contributed by atoms with Crippen LogP contribution in [0, 0.1) is 27.7 Å². The number of nitrogens with one attached hydrogen (secondary N) is 2. The molecule has 0 aliphatic heterocycles. The Morgan fingerprint density at radius 1 is 0.944 bits per heavy atom. The molecule has 0 amide bonds. The third kappa shape index (κ3) is 3.55. The summed E-state index contributed by atoms with van der Waals surface area (Å²) < 4.78 is 11.3. The van der Waals surface area contributed by atoms with Gasteiger partial charge in [0.15, 0.2) is 0 Å². The maximum absolute atomic E-state index is 5.84. The highest BCUT2D eigenvalue weighted by Crippen LogP contribution is 2.40. The molecule has 6 rings (SSSR count). The number of ether oxygens (including phenoxy) is 1. The van der Waals surface area contributed by atoms with Crippen LogP contribution in [0.2, 0.25) is 0 Å². The second kappa shape index (κ2) is 8.37. The lowest BCUT2D eigenvalue weighted by Crippen LogP contribution is -1.99. The van der Waals surface area contributed by atoms with Crippen molar-refractivity contribution in [3.63, 3.8) is 0 Å². The van der Waals surface area contributed by atoms with E-state index in [1.165, 1.54) is 5.56 Å². The molecule has 0 fully saturated rings. The molecule has 0 aliphatic rings. The van der Waals surface area contributed by atoms with E-state index in [-0.39, 0.29) is 0 Å². The molecular formula is C29H27N5O2. The summed E-state index contributed by atoms with van der Waals surface area (Å²) in [4.78, 5) is 16.7. The van der Waals surface area contributed by atoms with Gasteiger partial charge in [0.1, 0.15) is 23.0 Å². The normalized spacial score (nSPS) is 11.6. The molecule has 2 N–H and O–H groups in total. The van der Waals surface area contributed by atoms with E-state index in [2.05, 4.69) is 64.5 Å². The number of fused-ring (bicyclic) bond motifs is 3. The van der Waals surface area contributed by atoms with Crippen LogP contribution in [-0.4, -0.2) is 32.2 Å². The third-order valence-corrected chi connectivity index (χ3v) is 6.71. The number of methoxy groups -OCH3 is 1. The second-order valence-corrected chi connectivity index (χ2v) is 9.26. The fraction of sp³-hybridized carbons (Fsp3) is 0.207. The average molecular weight is 478 g/mol. The van der Waals surface area contributed by atoms with Crippen molar-refractivity contribution in [3.05, 3.63) is 82.8 Å². The van der Waals surface area contributed by atoms with Gasteiger partial charge in [0.2, 0.25) is 0 Å². The SMILES string of the molecule is COc1cc2c(cc1-c1c(C)noc1C)[nH]c1nc(C)nc(Cc3cc(C)[nH]c3-c3ccccc3)c12. The first kappa shape index (κ1) is 22.1. The summed E-state index contributed by atoms with van der Waals surface area (Å²) >= 11 is 0. The molecule has 0 unspecified atom stereocenters. The molecular weight excluding hydrogens is 450 g/mol. The van der Waals surface area contributed by atoms with E-state index in [0.29, 0.717) is 6.42 Å². The number of aromatic nitrogens is 5. The Kier molecular flexibility index (Phi) is 5.14. The van der Waals surface area contributed by atoms with E-state index in [4.69, 9.17) is 19.2 Å². The van der Waals surface area contributed by atoms with Crippen LogP contribution in [0.4, 0.5) is 0 Å². The Morgan fingerprint density at radius 3 is 2.47 bits per heavy atom. The molecule has 7 heteroatoms. The predicted octanol–water partition coefficient (Wildman–Crippen LogP) is 6.59. The van der Waals surface area contributed by atoms with Crippen molar-refractivity contribution >= 4 is 21.9 Å². The number of nitrogens with zero attached hydrogens (tertiary/aromatic N) is 3. The lowest BCUT2D eigenvalue weighted by Gasteiger charge is -2.10. The van der Waals surface area contributed by atoms with Crippen LogP contribution in [0.3, 0.4) is 0 Å². The zero-order valence-corrected chi connectivity index (χ0v) is 21.0. The summed E-state index contributed by atoms with van der Waals surface area (Å²) in [5.74, 6) is 2.25. The highest BCUT2D eigenvalue weighted by Gasteiger charge is 2.21. The van der Waals surface area contributed by atoms with Gasteiger partial charge < -0.3 is 19.2 Å². The van der Waals surface area contributed by atoms with Crippen LogP contribution < -0.4 is 4.74 Å². The van der Waals surface area contributed by atoms with E-state index in [1.807, 2.05) is 26.8 Å². The van der Waals surface area contributed by atoms with Gasteiger partial charge in [0.25, 0.3) is 0 Å². The van der Waals surface area contributed by atoms with E-state index in [9.17, 15) is 0 Å². The summed E-state index contributed by atoms with van der Waals surface area (Å²) in [5.41, 5.74) is 10.1. The topological polar surface area (TPSA) is 92.6 Å². The zero-order chi connectivity index (χ0) is 25.0. The molecule has 7 nitrogen and oxygen atoms in total. The number of hydrogen-bond donors (Lipinski definition) is 2. The molecule has 4 heterocycles. The Bertz CT molecular complexity index is 1720. The lowest BCUT2D eigenvalue weighted by molar-refractivity contribution is 0.393. The van der Waals surface area contributed by atoms with Gasteiger partial charge in [-0.25, -0.2) is 9.97 Å². The highest BCUT2D eigenvalue weighted by atomic mass is 16.5. The Hall–Kier alpha value is -4.39. The van der Waals surface area contributed by atoms with Gasteiger partial charge in [0.05, 0.1) is 24.1 Å². The summed E-state index contributed by atoms with van der Waals surface area (Å²) in [7, 11) is 1.69. The molecule has 2 aromatic carbocycles. The van der Waals surface area contributed by atoms with Crippen molar-refractivity contribution in [2.75, 3.05) is 7.11 Å². The van der Waals surface area contributed by atoms with Crippen LogP contribution in [-0.2, 0) is 6.42 Å². The molecule has 36 heavy (non-hydrogen) atoms. The largest absolute Gasteiger partial charge is 0.496 e. The van der Waals surface area contributed by atoms with Gasteiger partial charge in [-0.1, -0.05) is 35.5 Å². The zero-order valence-electron chi connectivity index (χ0n) is 21.0. The summed E-state index contributed by atoms with van der Waals surface area (Å²) in [5, 5.41) is 6.17. The number of aromatic amines is 2. The minimum Gasteiger partial charge on any atom is -0.496 e. The smallest absolute Gasteiger partial charge is 0.142 e. The Morgan fingerprint density at radius 2 is 1.75 bits per heavy atom. The third-order valence-electron chi connectivity index (χ3n) is 6.71. The van der Waals surface area contributed by atoms with E-state index in [0.717, 1.165) is 78.7 Å². The van der Waals surface area contributed by atoms with Gasteiger partial charge in [-0.3, -0.25) is 0 Å². The molecule has 0 radical (unpaired) electrons. The number of H-pyrrole nitrogens is 2. The summed E-state index contributed by atoms with van der Waals surface area (Å²) in [6.45, 7) is 7.88. The molecule has 0 saturated carbocycles. The van der Waals surface area contributed by atoms with Crippen molar-refractivity contribution in [2.45, 2.75) is 34.1 Å². The summed E-state index contributed by atoms with van der Waals surface area (Å²) in [6, 6.07) is 16.8. The van der Waals surface area contributed by atoms with Crippen molar-refractivity contribution in [1.29, 1.82) is 0 Å². The predicted molar refractivity (Wildman–Crippen MR) is 141 cm³/mol. The Labute approximate surface area is 208 Å². The fourth-order valence-electron chi connectivity index (χ4n) is 5.21. The van der Waals surface area contributed by atoms with E-state index >= 15 is 0 Å². The fourth-order valence-corrected chi connectivity index (χ4v) is 5.21. The van der Waals surface area contributed by atoms with Gasteiger partial charge in [-0.15, -0.1) is 0 Å². The molecule has 0 atom stereocenters. The Balaban J connectivity index is 1.55. The van der Waals surface area contributed by atoms with Crippen LogP contribution in [0.25, 0.3) is 44.3 Å². The second-order valence-electron chi connectivity index (χ2n) is 9.26. The monoisotopic (exact) mass is 477 g/mol. The van der Waals surface area contributed by atoms with Crippen molar-refractivity contribution in [3.8, 4) is 28.1 Å². The molecule has 0 spiro atoms. The van der Waals surface area contributed by atoms with Crippen LogP contribution in [0.1, 0.15) is 34.2 Å². The quantitative estimate of drug-likeness (QED) is 0.292. The van der Waals surface area contributed by atoms with Gasteiger partial charge in [-0.05, 0) is 57.0 Å². The molecule has 0 saturated heterocycles. The van der Waals surface area contributed by atoms with E-state index in [1.54, 1.807) is 7.11 Å². The summed E-state index contributed by atoms with van der Waals surface area (Å²) in [6.07, 6.45) is 0.676. The minimum atomic E-state index is 0.676. The first-order valence-electron chi connectivity index (χ1n) is 12.0. The molecule has 0 bridgehead atoms.